The molecule has 2 aromatic rings. The van der Waals surface area contributed by atoms with Crippen molar-refractivity contribution < 1.29 is 89.6 Å². The molecule has 0 spiro atoms. The standard InChI is InChI=1S/C15H24N2O3S2.C13H20N2O3S2.C4H6O4.C2H3BO2.C2H4O.Na/c1-5-16-13-11(10-12(21-13)15(2,3)4)14(18)17-6-8-22(19,20)9-7-17;1-13(2,3)10-8-9(11(14)19-10)12(16)15-4-6-20(17,18)7-5-15;1-3(5)7-8-4(2)6;1-2(4)5-3;1-2-3;/h10,16H,5-9H2,1-4H3;8H,4-7,14H2,1-3H3;1-2H3;1H3;2H,1H3;/q;;;-1;;+1. The fraction of sp³-hybridized carbons (Fsp3) is 0.611. The Morgan fingerprint density at radius 3 is 1.36 bits per heavy atom. The number of carbonyl (C=O) groups excluding carboxylic acids is 6. The van der Waals surface area contributed by atoms with E-state index in [2.05, 4.69) is 69.3 Å². The fourth-order valence-corrected chi connectivity index (χ4v) is 9.00. The van der Waals surface area contributed by atoms with Gasteiger partial charge in [-0.25, -0.2) is 36.2 Å². The minimum Gasteiger partial charge on any atom is -0.793 e. The predicted octanol–water partition coefficient (Wildman–Crippen LogP) is 0.716. The van der Waals surface area contributed by atoms with Crippen molar-refractivity contribution in [2.75, 3.05) is 66.8 Å². The van der Waals surface area contributed by atoms with Crippen molar-refractivity contribution in [1.29, 1.82) is 0 Å². The largest absolute Gasteiger partial charge is 1.00 e. The number of nitrogens with two attached hydrogens (primary N) is 1. The van der Waals surface area contributed by atoms with Crippen LogP contribution in [0.25, 0.3) is 0 Å². The number of aldehydes is 1. The number of carbonyl (C=O) groups is 6. The fourth-order valence-electron chi connectivity index (χ4n) is 4.44. The van der Waals surface area contributed by atoms with Crippen molar-refractivity contribution in [3.05, 3.63) is 33.0 Å². The third kappa shape index (κ3) is 22.4. The molecule has 59 heavy (non-hydrogen) atoms. The van der Waals surface area contributed by atoms with Gasteiger partial charge in [0.2, 0.25) is 5.97 Å². The summed E-state index contributed by atoms with van der Waals surface area (Å²) >= 11 is 3.03. The van der Waals surface area contributed by atoms with Crippen LogP contribution < -0.4 is 40.6 Å². The van der Waals surface area contributed by atoms with Crippen LogP contribution in [0.3, 0.4) is 0 Å². The summed E-state index contributed by atoms with van der Waals surface area (Å²) in [6.07, 6.45) is 0.750. The molecule has 3 radical (unpaired) electrons. The number of anilines is 2. The minimum atomic E-state index is -2.98. The molecule has 2 aliphatic heterocycles. The SMILES string of the molecule is CC(=O)OOC(C)=O.CC(C)(C)c1cc(C(=O)N2CCS(=O)(=O)CC2)c(N)s1.CC=O.CCNc1sc(C(C)(C)C)cc1C(=O)N1CCS(=O)(=O)CC1.[B-]OC(C)=O.[Na+]. The molecule has 3 N–H and O–H groups in total. The van der Waals surface area contributed by atoms with Gasteiger partial charge in [0, 0.05) is 63.2 Å². The molecular weight excluding hydrogens is 858 g/mol. The van der Waals surface area contributed by atoms with Crippen LogP contribution in [0.1, 0.15) is 107 Å². The number of nitrogens with zero attached hydrogens (tertiary/aromatic N) is 2. The van der Waals surface area contributed by atoms with E-state index in [1.165, 1.54) is 25.2 Å². The number of amides is 2. The summed E-state index contributed by atoms with van der Waals surface area (Å²) < 4.78 is 49.4. The molecule has 2 aromatic heterocycles. The normalized spacial score (nSPS) is 15.1. The molecule has 2 fully saturated rings. The van der Waals surface area contributed by atoms with Crippen molar-refractivity contribution in [2.45, 2.75) is 87.0 Å². The van der Waals surface area contributed by atoms with Crippen molar-refractivity contribution in [1.82, 2.24) is 9.80 Å². The molecule has 2 saturated heterocycles. The Balaban J connectivity index is 0. The number of thiophene rings is 2. The first kappa shape index (κ1) is 58.1. The number of rotatable bonds is 4. The van der Waals surface area contributed by atoms with Crippen molar-refractivity contribution in [3.8, 4) is 0 Å². The number of sulfone groups is 2. The van der Waals surface area contributed by atoms with E-state index in [1.54, 1.807) is 21.1 Å². The first-order chi connectivity index (χ1) is 26.5. The average molecular weight is 916 g/mol. The first-order valence-corrected chi connectivity index (χ1v) is 23.2. The van der Waals surface area contributed by atoms with Crippen LogP contribution >= 0.6 is 22.7 Å². The zero-order valence-corrected chi connectivity index (χ0v) is 41.4. The summed E-state index contributed by atoms with van der Waals surface area (Å²) in [5.74, 6) is -1.78. The molecule has 0 unspecified atom stereocenters. The summed E-state index contributed by atoms with van der Waals surface area (Å²) in [6, 6.07) is 3.79. The van der Waals surface area contributed by atoms with E-state index in [0.717, 1.165) is 41.4 Å². The van der Waals surface area contributed by atoms with E-state index in [4.69, 9.17) is 10.5 Å². The van der Waals surface area contributed by atoms with Crippen molar-refractivity contribution in [3.63, 3.8) is 0 Å². The Morgan fingerprint density at radius 1 is 0.746 bits per heavy atom. The molecule has 0 saturated carbocycles. The van der Waals surface area contributed by atoms with Crippen LogP contribution in [-0.4, -0.2) is 126 Å². The number of nitrogen functional groups attached to an aromatic ring is 1. The van der Waals surface area contributed by atoms with Gasteiger partial charge in [-0.05, 0) is 36.8 Å². The molecule has 17 nitrogen and oxygen atoms in total. The second-order valence-electron chi connectivity index (χ2n) is 14.7. The molecule has 327 valence electrons. The van der Waals surface area contributed by atoms with Gasteiger partial charge in [-0.3, -0.25) is 14.4 Å². The average Bonchev–Trinajstić information content (AvgIpc) is 3.72. The molecule has 0 aromatic carbocycles. The van der Waals surface area contributed by atoms with Gasteiger partial charge in [-0.15, -0.1) is 22.7 Å². The Kier molecular flexibility index (Phi) is 25.9. The smallest absolute Gasteiger partial charge is 0.793 e. The predicted molar refractivity (Wildman–Crippen MR) is 227 cm³/mol. The second-order valence-corrected chi connectivity index (χ2v) is 21.4. The second kappa shape index (κ2) is 26.3. The molecule has 0 aliphatic carbocycles. The molecule has 2 aliphatic rings. The van der Waals surface area contributed by atoms with Crippen molar-refractivity contribution >= 4 is 96.4 Å². The van der Waals surface area contributed by atoms with Gasteiger partial charge in [0.15, 0.2) is 19.7 Å². The van der Waals surface area contributed by atoms with E-state index in [-0.39, 0.29) is 101 Å². The number of hydrogen-bond donors (Lipinski definition) is 2. The molecule has 23 heteroatoms. The van der Waals surface area contributed by atoms with E-state index in [9.17, 15) is 40.8 Å². The summed E-state index contributed by atoms with van der Waals surface area (Å²) in [4.78, 5) is 76.2. The number of hydrogen-bond acceptors (Lipinski definition) is 17. The molecule has 2 amide bonds. The molecule has 4 heterocycles. The maximum absolute atomic E-state index is 12.7. The summed E-state index contributed by atoms with van der Waals surface area (Å²) in [5, 5.41) is 4.65. The summed E-state index contributed by atoms with van der Waals surface area (Å²) in [7, 11) is -1.64. The zero-order valence-electron chi connectivity index (χ0n) is 36.1. The molecule has 0 atom stereocenters. The van der Waals surface area contributed by atoms with Crippen LogP contribution in [0.2, 0.25) is 0 Å². The van der Waals surface area contributed by atoms with Gasteiger partial charge in [0.05, 0.1) is 39.1 Å². The van der Waals surface area contributed by atoms with Crippen molar-refractivity contribution in [2.24, 2.45) is 0 Å². The van der Waals surface area contributed by atoms with Crippen LogP contribution in [-0.2, 0) is 64.1 Å². The Morgan fingerprint density at radius 2 is 1.07 bits per heavy atom. The number of nitrogens with one attached hydrogen (secondary N) is 1. The Labute approximate surface area is 379 Å². The van der Waals surface area contributed by atoms with E-state index < -0.39 is 37.6 Å². The maximum Gasteiger partial charge on any atom is 1.00 e. The third-order valence-electron chi connectivity index (χ3n) is 7.48. The summed E-state index contributed by atoms with van der Waals surface area (Å²) in [5.41, 5.74) is 7.05. The van der Waals surface area contributed by atoms with Gasteiger partial charge in [-0.1, -0.05) is 41.5 Å². The molecule has 0 bridgehead atoms. The van der Waals surface area contributed by atoms with Crippen LogP contribution in [0.5, 0.6) is 0 Å². The molecule has 4 rings (SSSR count). The van der Waals surface area contributed by atoms with Crippen LogP contribution in [0.15, 0.2) is 12.1 Å². The van der Waals surface area contributed by atoms with E-state index in [0.29, 0.717) is 16.1 Å². The quantitative estimate of drug-likeness (QED) is 0.186. The van der Waals surface area contributed by atoms with Gasteiger partial charge in [-0.2, -0.15) is 0 Å². The molecular formula is C36H57BN4NaO13S4. The Hall–Kier alpha value is -3.02. The minimum absolute atomic E-state index is 0. The van der Waals surface area contributed by atoms with Gasteiger partial charge < -0.3 is 38.3 Å². The van der Waals surface area contributed by atoms with E-state index >= 15 is 0 Å². The topological polar surface area (TPSA) is 243 Å². The first-order valence-electron chi connectivity index (χ1n) is 18.0. The monoisotopic (exact) mass is 915 g/mol. The van der Waals surface area contributed by atoms with Crippen LogP contribution in [0, 0.1) is 0 Å². The zero-order chi connectivity index (χ0) is 45.2. The maximum atomic E-state index is 12.7. The third-order valence-corrected chi connectivity index (χ3v) is 13.6. The van der Waals surface area contributed by atoms with Gasteiger partial charge >= 0.3 is 41.5 Å². The van der Waals surface area contributed by atoms with Gasteiger partial charge in [0.25, 0.3) is 11.8 Å². The Bertz CT molecular complexity index is 1900. The van der Waals surface area contributed by atoms with Gasteiger partial charge in [0.1, 0.15) is 11.3 Å². The van der Waals surface area contributed by atoms with E-state index in [1.807, 2.05) is 19.1 Å². The van der Waals surface area contributed by atoms with Crippen LogP contribution in [0.4, 0.5) is 10.0 Å². The summed E-state index contributed by atoms with van der Waals surface area (Å²) in [6.45, 7) is 21.4.